The van der Waals surface area contributed by atoms with Gasteiger partial charge in [0, 0.05) is 19.2 Å². The van der Waals surface area contributed by atoms with E-state index < -0.39 is 5.91 Å². The molecule has 0 N–H and O–H groups in total. The highest BCUT2D eigenvalue weighted by Gasteiger charge is 2.17. The van der Waals surface area contributed by atoms with Crippen molar-refractivity contribution < 1.29 is 23.7 Å². The molecule has 3 rings (SSSR count). The van der Waals surface area contributed by atoms with Gasteiger partial charge in [0.2, 0.25) is 0 Å². The molecule has 0 fully saturated rings. The number of ether oxygens (including phenoxy) is 4. The Labute approximate surface area is 160 Å². The first-order valence-corrected chi connectivity index (χ1v) is 8.87. The topological polar surface area (TPSA) is 71.3 Å². The van der Waals surface area contributed by atoms with Crippen molar-refractivity contribution in [3.63, 3.8) is 0 Å². The van der Waals surface area contributed by atoms with Crippen molar-refractivity contribution in [2.24, 2.45) is 12.0 Å². The molecule has 0 aliphatic heterocycles. The van der Waals surface area contributed by atoms with Crippen molar-refractivity contribution in [2.45, 2.75) is 0 Å². The number of nitrogens with zero attached hydrogens (tertiary/aromatic N) is 2. The summed E-state index contributed by atoms with van der Waals surface area (Å²) >= 11 is 1.39. The normalized spacial score (nSPS) is 11.5. The summed E-state index contributed by atoms with van der Waals surface area (Å²) < 4.78 is 24.1. The zero-order valence-electron chi connectivity index (χ0n) is 15.7. The lowest BCUT2D eigenvalue weighted by Crippen LogP contribution is -2.14. The van der Waals surface area contributed by atoms with Crippen molar-refractivity contribution in [2.75, 3.05) is 28.4 Å². The van der Waals surface area contributed by atoms with Crippen LogP contribution >= 0.6 is 11.3 Å². The quantitative estimate of drug-likeness (QED) is 0.672. The van der Waals surface area contributed by atoms with Crippen LogP contribution < -0.4 is 23.7 Å². The van der Waals surface area contributed by atoms with Crippen LogP contribution in [0.2, 0.25) is 0 Å². The number of thiazole rings is 1. The van der Waals surface area contributed by atoms with Crippen LogP contribution in [-0.4, -0.2) is 38.9 Å². The maximum atomic E-state index is 12.8. The highest BCUT2D eigenvalue weighted by Crippen LogP contribution is 2.33. The fraction of sp³-hybridized carbons (Fsp3) is 0.263. The van der Waals surface area contributed by atoms with Crippen LogP contribution in [0.1, 0.15) is 10.4 Å². The number of aromatic nitrogens is 1. The second-order valence-electron chi connectivity index (χ2n) is 5.58. The van der Waals surface area contributed by atoms with Crippen LogP contribution in [0.3, 0.4) is 0 Å². The average molecular weight is 388 g/mol. The number of methoxy groups -OCH3 is 4. The van der Waals surface area contributed by atoms with Crippen LogP contribution in [0.4, 0.5) is 0 Å². The summed E-state index contributed by atoms with van der Waals surface area (Å²) in [5, 5.41) is 0. The van der Waals surface area contributed by atoms with Crippen molar-refractivity contribution in [1.82, 2.24) is 4.57 Å². The first-order chi connectivity index (χ1) is 13.0. The van der Waals surface area contributed by atoms with E-state index >= 15 is 0 Å². The lowest BCUT2D eigenvalue weighted by Gasteiger charge is -2.09. The summed E-state index contributed by atoms with van der Waals surface area (Å²) in [4.78, 5) is 17.6. The molecule has 7 nitrogen and oxygen atoms in total. The molecule has 142 valence electrons. The van der Waals surface area contributed by atoms with Gasteiger partial charge >= 0.3 is 0 Å². The Balaban J connectivity index is 2.14. The van der Waals surface area contributed by atoms with E-state index in [-0.39, 0.29) is 0 Å². The number of amides is 1. The molecule has 0 aliphatic carbocycles. The average Bonchev–Trinajstić information content (AvgIpc) is 3.00. The second kappa shape index (κ2) is 7.71. The number of para-hydroxylation sites is 1. The largest absolute Gasteiger partial charge is 0.493 e. The summed E-state index contributed by atoms with van der Waals surface area (Å²) in [6, 6.07) is 8.85. The van der Waals surface area contributed by atoms with Gasteiger partial charge in [0.15, 0.2) is 27.8 Å². The van der Waals surface area contributed by atoms with E-state index in [1.807, 2.05) is 23.7 Å². The van der Waals surface area contributed by atoms with Crippen molar-refractivity contribution in [3.05, 3.63) is 40.7 Å². The number of rotatable bonds is 5. The van der Waals surface area contributed by atoms with E-state index in [0.717, 1.165) is 10.2 Å². The molecule has 1 aromatic heterocycles. The molecule has 0 radical (unpaired) electrons. The Hall–Kier alpha value is -3.00. The highest BCUT2D eigenvalue weighted by molar-refractivity contribution is 7.16. The summed E-state index contributed by atoms with van der Waals surface area (Å²) in [7, 11) is 8.03. The molecule has 1 amide bonds. The predicted molar refractivity (Wildman–Crippen MR) is 103 cm³/mol. The Kier molecular flexibility index (Phi) is 5.36. The Bertz CT molecular complexity index is 1070. The lowest BCUT2D eigenvalue weighted by molar-refractivity contribution is 0.0994. The van der Waals surface area contributed by atoms with Gasteiger partial charge in [-0.25, -0.2) is 0 Å². The zero-order valence-corrected chi connectivity index (χ0v) is 16.5. The molecule has 0 spiro atoms. The Morgan fingerprint density at radius 1 is 0.963 bits per heavy atom. The van der Waals surface area contributed by atoms with E-state index in [1.165, 1.54) is 25.6 Å². The summed E-state index contributed by atoms with van der Waals surface area (Å²) in [6.07, 6.45) is 0. The third kappa shape index (κ3) is 3.35. The number of fused-ring (bicyclic) bond motifs is 1. The smallest absolute Gasteiger partial charge is 0.283 e. The standard InChI is InChI=1S/C19H20N2O5S/c1-21-12-9-14(24-3)15(25-4)10-16(12)27-19(21)20-18(22)11-7-6-8-13(23-2)17(11)26-5/h6-10H,1-5H3. The van der Waals surface area contributed by atoms with Gasteiger partial charge in [-0.2, -0.15) is 4.99 Å². The molecule has 8 heteroatoms. The maximum absolute atomic E-state index is 12.8. The molecular weight excluding hydrogens is 368 g/mol. The summed E-state index contributed by atoms with van der Waals surface area (Å²) in [6.45, 7) is 0. The first kappa shape index (κ1) is 18.8. The van der Waals surface area contributed by atoms with Crippen LogP contribution in [0, 0.1) is 0 Å². The first-order valence-electron chi connectivity index (χ1n) is 8.05. The molecule has 1 heterocycles. The molecule has 27 heavy (non-hydrogen) atoms. The monoisotopic (exact) mass is 388 g/mol. The van der Waals surface area contributed by atoms with Gasteiger partial charge in [-0.3, -0.25) is 4.79 Å². The third-order valence-corrected chi connectivity index (χ3v) is 5.24. The molecular formula is C19H20N2O5S. The molecule has 3 aromatic rings. The minimum absolute atomic E-state index is 0.337. The molecule has 2 aromatic carbocycles. The van der Waals surface area contributed by atoms with E-state index in [0.29, 0.717) is 33.4 Å². The van der Waals surface area contributed by atoms with Crippen LogP contribution in [0.5, 0.6) is 23.0 Å². The predicted octanol–water partition coefficient (Wildman–Crippen LogP) is 3.02. The van der Waals surface area contributed by atoms with E-state index in [4.69, 9.17) is 18.9 Å². The molecule has 0 unspecified atom stereocenters. The van der Waals surface area contributed by atoms with E-state index in [1.54, 1.807) is 32.4 Å². The van der Waals surface area contributed by atoms with Crippen molar-refractivity contribution in [3.8, 4) is 23.0 Å². The number of hydrogen-bond acceptors (Lipinski definition) is 6. The van der Waals surface area contributed by atoms with Gasteiger partial charge in [0.05, 0.1) is 44.2 Å². The molecule has 0 saturated heterocycles. The van der Waals surface area contributed by atoms with E-state index in [9.17, 15) is 4.79 Å². The Morgan fingerprint density at radius 3 is 2.26 bits per heavy atom. The lowest BCUT2D eigenvalue weighted by atomic mass is 10.2. The number of carbonyl (C=O) groups is 1. The molecule has 0 bridgehead atoms. The fourth-order valence-corrected chi connectivity index (χ4v) is 3.79. The molecule has 0 saturated carbocycles. The number of benzene rings is 2. The number of carbonyl (C=O) groups excluding carboxylic acids is 1. The van der Waals surface area contributed by atoms with Crippen LogP contribution in [0.25, 0.3) is 10.2 Å². The van der Waals surface area contributed by atoms with Gasteiger partial charge in [-0.1, -0.05) is 17.4 Å². The summed E-state index contributed by atoms with van der Waals surface area (Å²) in [5.74, 6) is 1.67. The van der Waals surface area contributed by atoms with E-state index in [2.05, 4.69) is 4.99 Å². The molecule has 0 aliphatic rings. The van der Waals surface area contributed by atoms with Crippen molar-refractivity contribution >= 4 is 27.5 Å². The highest BCUT2D eigenvalue weighted by atomic mass is 32.1. The van der Waals surface area contributed by atoms with Gasteiger partial charge in [-0.05, 0) is 12.1 Å². The van der Waals surface area contributed by atoms with Crippen LogP contribution in [-0.2, 0) is 7.05 Å². The number of aryl methyl sites for hydroxylation is 1. The minimum Gasteiger partial charge on any atom is -0.493 e. The zero-order chi connectivity index (χ0) is 19.6. The maximum Gasteiger partial charge on any atom is 0.283 e. The van der Waals surface area contributed by atoms with Crippen molar-refractivity contribution in [1.29, 1.82) is 0 Å². The van der Waals surface area contributed by atoms with Crippen LogP contribution in [0.15, 0.2) is 35.3 Å². The SMILES string of the molecule is COc1cc2sc(=NC(=O)c3cccc(OC)c3OC)n(C)c2cc1OC. The molecule has 0 atom stereocenters. The summed E-state index contributed by atoms with van der Waals surface area (Å²) in [5.41, 5.74) is 1.23. The fourth-order valence-electron chi connectivity index (χ4n) is 2.76. The Morgan fingerprint density at radius 2 is 1.63 bits per heavy atom. The second-order valence-corrected chi connectivity index (χ2v) is 6.59. The number of hydrogen-bond donors (Lipinski definition) is 0. The third-order valence-electron chi connectivity index (χ3n) is 4.15. The van der Waals surface area contributed by atoms with Gasteiger partial charge in [0.25, 0.3) is 5.91 Å². The van der Waals surface area contributed by atoms with Gasteiger partial charge < -0.3 is 23.5 Å². The van der Waals surface area contributed by atoms with Gasteiger partial charge in [-0.15, -0.1) is 0 Å². The minimum atomic E-state index is -0.410. The van der Waals surface area contributed by atoms with Gasteiger partial charge in [0.1, 0.15) is 0 Å².